The van der Waals surface area contributed by atoms with Crippen LogP contribution in [0.1, 0.15) is 138 Å². The van der Waals surface area contributed by atoms with Crippen LogP contribution < -0.4 is 0 Å². The van der Waals surface area contributed by atoms with Gasteiger partial charge < -0.3 is 18.9 Å². The SMILES string of the molecule is C=CC.CCCCCCCCCCOC(CCCCCCCC)C(OCC)(OCC)OCC. The molecule has 1 unspecified atom stereocenters. The van der Waals surface area contributed by atoms with Gasteiger partial charge in [0.25, 0.3) is 0 Å². The lowest BCUT2D eigenvalue weighted by atomic mass is 10.1. The third-order valence-electron chi connectivity index (χ3n) is 5.57. The first-order valence-corrected chi connectivity index (χ1v) is 14.2. The molecule has 0 aliphatic heterocycles. The molecule has 0 N–H and O–H groups in total. The van der Waals surface area contributed by atoms with Gasteiger partial charge in [-0.15, -0.1) is 6.58 Å². The van der Waals surface area contributed by atoms with Gasteiger partial charge in [0, 0.05) is 26.4 Å². The number of hydrogen-bond acceptors (Lipinski definition) is 4. The van der Waals surface area contributed by atoms with Crippen molar-refractivity contribution >= 4 is 0 Å². The van der Waals surface area contributed by atoms with Gasteiger partial charge in [-0.2, -0.15) is 0 Å². The Kier molecular flexibility index (Phi) is 29.3. The molecule has 0 fully saturated rings. The van der Waals surface area contributed by atoms with Crippen LogP contribution in [0.5, 0.6) is 0 Å². The summed E-state index contributed by atoms with van der Waals surface area (Å²) < 4.78 is 24.5. The number of allylic oxidation sites excluding steroid dienone is 1. The minimum absolute atomic E-state index is 0.173. The van der Waals surface area contributed by atoms with Gasteiger partial charge in [0.15, 0.2) is 0 Å². The Hall–Kier alpha value is -0.420. The first kappa shape index (κ1) is 34.7. The zero-order valence-corrected chi connectivity index (χ0v) is 23.4. The van der Waals surface area contributed by atoms with Gasteiger partial charge in [0.05, 0.1) is 0 Å². The molecule has 4 nitrogen and oxygen atoms in total. The normalized spacial score (nSPS) is 12.3. The summed E-state index contributed by atoms with van der Waals surface area (Å²) >= 11 is 0. The van der Waals surface area contributed by atoms with E-state index in [1.54, 1.807) is 6.08 Å². The van der Waals surface area contributed by atoms with Crippen molar-refractivity contribution in [3.05, 3.63) is 12.7 Å². The highest BCUT2D eigenvalue weighted by Crippen LogP contribution is 2.28. The topological polar surface area (TPSA) is 36.9 Å². The summed E-state index contributed by atoms with van der Waals surface area (Å²) in [6.45, 7) is 18.2. The molecular weight excluding hydrogens is 412 g/mol. The molecule has 0 saturated heterocycles. The monoisotopic (exact) mass is 472 g/mol. The van der Waals surface area contributed by atoms with Crippen molar-refractivity contribution < 1.29 is 18.9 Å². The summed E-state index contributed by atoms with van der Waals surface area (Å²) in [6, 6.07) is 0. The molecule has 0 radical (unpaired) electrons. The molecule has 0 aliphatic carbocycles. The largest absolute Gasteiger partial charge is 0.370 e. The van der Waals surface area contributed by atoms with E-state index >= 15 is 0 Å². The minimum atomic E-state index is -1.07. The van der Waals surface area contributed by atoms with Crippen LogP contribution in [0.3, 0.4) is 0 Å². The lowest BCUT2D eigenvalue weighted by Crippen LogP contribution is -2.51. The summed E-state index contributed by atoms with van der Waals surface area (Å²) in [6.07, 6.45) is 20.5. The maximum atomic E-state index is 6.36. The van der Waals surface area contributed by atoms with E-state index in [1.165, 1.54) is 77.0 Å². The van der Waals surface area contributed by atoms with E-state index < -0.39 is 5.97 Å². The molecule has 0 aliphatic rings. The minimum Gasteiger partial charge on any atom is -0.370 e. The van der Waals surface area contributed by atoms with Crippen molar-refractivity contribution in [2.75, 3.05) is 26.4 Å². The smallest absolute Gasteiger partial charge is 0.310 e. The molecule has 0 rings (SSSR count). The van der Waals surface area contributed by atoms with E-state index in [0.29, 0.717) is 19.8 Å². The average Bonchev–Trinajstić information content (AvgIpc) is 2.79. The second-order valence-corrected chi connectivity index (χ2v) is 8.70. The summed E-state index contributed by atoms with van der Waals surface area (Å²) in [5, 5.41) is 0. The lowest BCUT2D eigenvalue weighted by Gasteiger charge is -2.38. The Morgan fingerprint density at radius 2 is 0.970 bits per heavy atom. The molecular formula is C29H60O4. The van der Waals surface area contributed by atoms with Gasteiger partial charge in [-0.05, 0) is 40.5 Å². The molecule has 0 aromatic rings. The second kappa shape index (κ2) is 27.8. The summed E-state index contributed by atoms with van der Waals surface area (Å²) in [5.41, 5.74) is 0. The third-order valence-corrected chi connectivity index (χ3v) is 5.57. The fraction of sp³-hybridized carbons (Fsp3) is 0.931. The van der Waals surface area contributed by atoms with Crippen LogP contribution in [0.15, 0.2) is 12.7 Å². The van der Waals surface area contributed by atoms with Crippen molar-refractivity contribution in [1.82, 2.24) is 0 Å². The van der Waals surface area contributed by atoms with Crippen LogP contribution in [-0.2, 0) is 18.9 Å². The molecule has 0 aromatic carbocycles. The number of ether oxygens (including phenoxy) is 4. The summed E-state index contributed by atoms with van der Waals surface area (Å²) in [7, 11) is 0. The van der Waals surface area contributed by atoms with Crippen molar-refractivity contribution in [1.29, 1.82) is 0 Å². The summed E-state index contributed by atoms with van der Waals surface area (Å²) in [4.78, 5) is 0. The van der Waals surface area contributed by atoms with E-state index in [1.807, 2.05) is 27.7 Å². The van der Waals surface area contributed by atoms with Crippen LogP contribution in [0, 0.1) is 0 Å². The molecule has 0 saturated carbocycles. The maximum absolute atomic E-state index is 6.36. The molecule has 200 valence electrons. The third kappa shape index (κ3) is 20.7. The zero-order valence-electron chi connectivity index (χ0n) is 23.4. The zero-order chi connectivity index (χ0) is 25.0. The molecule has 0 heterocycles. The Labute approximate surface area is 208 Å². The van der Waals surface area contributed by atoms with E-state index in [2.05, 4.69) is 20.4 Å². The van der Waals surface area contributed by atoms with Crippen LogP contribution in [-0.4, -0.2) is 38.5 Å². The highest BCUT2D eigenvalue weighted by atomic mass is 16.9. The summed E-state index contributed by atoms with van der Waals surface area (Å²) in [5.74, 6) is -1.07. The van der Waals surface area contributed by atoms with Gasteiger partial charge >= 0.3 is 5.97 Å². The van der Waals surface area contributed by atoms with E-state index in [9.17, 15) is 0 Å². The molecule has 1 atom stereocenters. The predicted molar refractivity (Wildman–Crippen MR) is 144 cm³/mol. The van der Waals surface area contributed by atoms with Crippen molar-refractivity contribution in [3.63, 3.8) is 0 Å². The van der Waals surface area contributed by atoms with Gasteiger partial charge in [0.1, 0.15) is 6.10 Å². The van der Waals surface area contributed by atoms with Crippen molar-refractivity contribution in [3.8, 4) is 0 Å². The first-order chi connectivity index (χ1) is 16.1. The fourth-order valence-electron chi connectivity index (χ4n) is 3.94. The number of hydrogen-bond donors (Lipinski definition) is 0. The van der Waals surface area contributed by atoms with Gasteiger partial charge in [-0.25, -0.2) is 0 Å². The molecule has 33 heavy (non-hydrogen) atoms. The van der Waals surface area contributed by atoms with Crippen LogP contribution in [0.4, 0.5) is 0 Å². The average molecular weight is 473 g/mol. The van der Waals surface area contributed by atoms with Crippen molar-refractivity contribution in [2.45, 2.75) is 150 Å². The van der Waals surface area contributed by atoms with Gasteiger partial charge in [-0.3, -0.25) is 0 Å². The Morgan fingerprint density at radius 1 is 0.606 bits per heavy atom. The van der Waals surface area contributed by atoms with Crippen LogP contribution in [0.2, 0.25) is 0 Å². The van der Waals surface area contributed by atoms with Gasteiger partial charge in [0.2, 0.25) is 0 Å². The van der Waals surface area contributed by atoms with Gasteiger partial charge in [-0.1, -0.05) is 103 Å². The number of unbranched alkanes of at least 4 members (excludes halogenated alkanes) is 12. The van der Waals surface area contributed by atoms with E-state index in [0.717, 1.165) is 25.9 Å². The highest BCUT2D eigenvalue weighted by molar-refractivity contribution is 4.73. The van der Waals surface area contributed by atoms with Crippen LogP contribution >= 0.6 is 0 Å². The molecule has 4 heteroatoms. The molecule has 0 bridgehead atoms. The number of rotatable bonds is 24. The standard InChI is InChI=1S/C26H54O4.C3H6/c1-6-11-13-15-17-18-20-22-24-27-25(23-21-19-16-14-12-7-2)26(28-8-3,29-9-4)30-10-5;1-3-2/h25H,6-24H2,1-5H3;3H,1H2,2H3. The fourth-order valence-corrected chi connectivity index (χ4v) is 3.94. The molecule has 0 spiro atoms. The first-order valence-electron chi connectivity index (χ1n) is 14.2. The quantitative estimate of drug-likeness (QED) is 0.0796. The predicted octanol–water partition coefficient (Wildman–Crippen LogP) is 9.22. The van der Waals surface area contributed by atoms with E-state index in [4.69, 9.17) is 18.9 Å². The highest BCUT2D eigenvalue weighted by Gasteiger charge is 2.42. The van der Waals surface area contributed by atoms with Crippen LogP contribution in [0.25, 0.3) is 0 Å². The molecule has 0 aromatic heterocycles. The lowest BCUT2D eigenvalue weighted by molar-refractivity contribution is -0.415. The Bertz CT molecular complexity index is 356. The Balaban J connectivity index is 0. The maximum Gasteiger partial charge on any atom is 0.310 e. The molecule has 0 amide bonds. The van der Waals surface area contributed by atoms with E-state index in [-0.39, 0.29) is 6.10 Å². The Morgan fingerprint density at radius 3 is 1.36 bits per heavy atom. The second-order valence-electron chi connectivity index (χ2n) is 8.70. The van der Waals surface area contributed by atoms with Crippen molar-refractivity contribution in [2.24, 2.45) is 0 Å².